The molecule has 0 atom stereocenters. The number of carbonyl (C=O) groups is 1. The van der Waals surface area contributed by atoms with Gasteiger partial charge in [0.1, 0.15) is 22.9 Å². The molecular weight excluding hydrogens is 280 g/mol. The lowest BCUT2D eigenvalue weighted by Gasteiger charge is -2.23. The summed E-state index contributed by atoms with van der Waals surface area (Å²) in [6.07, 6.45) is 3.66. The number of methoxy groups -OCH3 is 2. The molecule has 1 saturated carbocycles. The van der Waals surface area contributed by atoms with Crippen molar-refractivity contribution in [2.75, 3.05) is 19.1 Å². The van der Waals surface area contributed by atoms with E-state index in [9.17, 15) is 4.79 Å². The molecule has 2 aromatic rings. The van der Waals surface area contributed by atoms with Gasteiger partial charge in [-0.05, 0) is 37.1 Å². The fourth-order valence-corrected chi connectivity index (χ4v) is 2.47. The van der Waals surface area contributed by atoms with Gasteiger partial charge in [0, 0.05) is 12.2 Å². The van der Waals surface area contributed by atoms with E-state index in [1.54, 1.807) is 43.5 Å². The number of benzene rings is 1. The van der Waals surface area contributed by atoms with E-state index in [2.05, 4.69) is 4.98 Å². The van der Waals surface area contributed by atoms with Gasteiger partial charge in [-0.3, -0.25) is 9.69 Å². The number of pyridine rings is 1. The van der Waals surface area contributed by atoms with Crippen LogP contribution in [0.25, 0.3) is 0 Å². The van der Waals surface area contributed by atoms with Crippen LogP contribution in [-0.2, 0) is 0 Å². The average Bonchev–Trinajstić information content (AvgIpc) is 3.40. The van der Waals surface area contributed by atoms with Crippen LogP contribution in [-0.4, -0.2) is 31.2 Å². The Balaban J connectivity index is 2.05. The highest BCUT2D eigenvalue weighted by Crippen LogP contribution is 2.36. The molecule has 0 bridgehead atoms. The predicted octanol–water partition coefficient (Wildman–Crippen LogP) is 2.91. The third-order valence-corrected chi connectivity index (χ3v) is 3.67. The Hall–Kier alpha value is -2.56. The predicted molar refractivity (Wildman–Crippen MR) is 83.6 cm³/mol. The minimum Gasteiger partial charge on any atom is -0.496 e. The zero-order valence-electron chi connectivity index (χ0n) is 12.7. The smallest absolute Gasteiger partial charge is 0.267 e. The molecule has 0 saturated heterocycles. The van der Waals surface area contributed by atoms with Crippen molar-refractivity contribution < 1.29 is 14.3 Å². The van der Waals surface area contributed by atoms with E-state index in [1.165, 1.54) is 0 Å². The Bertz CT molecular complexity index is 647. The van der Waals surface area contributed by atoms with E-state index >= 15 is 0 Å². The lowest BCUT2D eigenvalue weighted by molar-refractivity contribution is 0.0978. The molecule has 0 aliphatic heterocycles. The van der Waals surface area contributed by atoms with Gasteiger partial charge in [-0.2, -0.15) is 0 Å². The average molecular weight is 298 g/mol. The highest BCUT2D eigenvalue weighted by Gasteiger charge is 2.37. The van der Waals surface area contributed by atoms with E-state index in [0.29, 0.717) is 22.9 Å². The molecule has 1 heterocycles. The zero-order chi connectivity index (χ0) is 15.5. The van der Waals surface area contributed by atoms with Crippen molar-refractivity contribution in [2.24, 2.45) is 0 Å². The first kappa shape index (κ1) is 14.4. The molecule has 0 radical (unpaired) electrons. The summed E-state index contributed by atoms with van der Waals surface area (Å²) in [7, 11) is 3.10. The number of ether oxygens (including phenoxy) is 2. The highest BCUT2D eigenvalue weighted by molar-refractivity contribution is 6.10. The van der Waals surface area contributed by atoms with Crippen LogP contribution in [0.4, 0.5) is 5.82 Å². The number of aromatic nitrogens is 1. The second-order valence-corrected chi connectivity index (χ2v) is 5.13. The minimum absolute atomic E-state index is 0.143. The molecule has 3 rings (SSSR count). The number of nitrogens with zero attached hydrogens (tertiary/aromatic N) is 2. The van der Waals surface area contributed by atoms with Crippen LogP contribution in [0.2, 0.25) is 0 Å². The van der Waals surface area contributed by atoms with Crippen LogP contribution >= 0.6 is 0 Å². The molecule has 22 heavy (non-hydrogen) atoms. The summed E-state index contributed by atoms with van der Waals surface area (Å²) >= 11 is 0. The largest absolute Gasteiger partial charge is 0.496 e. The SMILES string of the molecule is COc1cccc(OC)c1C(=O)N(c1ccccn1)C1CC1. The van der Waals surface area contributed by atoms with Gasteiger partial charge in [-0.15, -0.1) is 0 Å². The van der Waals surface area contributed by atoms with E-state index in [4.69, 9.17) is 9.47 Å². The number of amides is 1. The number of hydrogen-bond acceptors (Lipinski definition) is 4. The lowest BCUT2D eigenvalue weighted by Crippen LogP contribution is -2.34. The van der Waals surface area contributed by atoms with Crippen molar-refractivity contribution in [1.82, 2.24) is 4.98 Å². The van der Waals surface area contributed by atoms with E-state index in [-0.39, 0.29) is 11.9 Å². The third kappa shape index (κ3) is 2.62. The van der Waals surface area contributed by atoms with Crippen molar-refractivity contribution in [3.8, 4) is 11.5 Å². The van der Waals surface area contributed by atoms with E-state index < -0.39 is 0 Å². The maximum Gasteiger partial charge on any atom is 0.267 e. The fourth-order valence-electron chi connectivity index (χ4n) is 2.47. The summed E-state index contributed by atoms with van der Waals surface area (Å²) in [5, 5.41) is 0. The molecule has 114 valence electrons. The van der Waals surface area contributed by atoms with Gasteiger partial charge >= 0.3 is 0 Å². The van der Waals surface area contributed by atoms with Crippen molar-refractivity contribution in [3.63, 3.8) is 0 Å². The Labute approximate surface area is 129 Å². The van der Waals surface area contributed by atoms with Crippen LogP contribution in [0.1, 0.15) is 23.2 Å². The molecule has 5 heteroatoms. The molecule has 0 N–H and O–H groups in total. The van der Waals surface area contributed by atoms with Gasteiger partial charge in [0.2, 0.25) is 0 Å². The van der Waals surface area contributed by atoms with Crippen LogP contribution in [0, 0.1) is 0 Å². The topological polar surface area (TPSA) is 51.7 Å². The molecule has 1 aliphatic carbocycles. The molecular formula is C17H18N2O3. The summed E-state index contributed by atoms with van der Waals surface area (Å²) in [6.45, 7) is 0. The van der Waals surface area contributed by atoms with Crippen molar-refractivity contribution in [3.05, 3.63) is 48.2 Å². The summed E-state index contributed by atoms with van der Waals surface area (Å²) < 4.78 is 10.7. The summed E-state index contributed by atoms with van der Waals surface area (Å²) in [5.41, 5.74) is 0.435. The third-order valence-electron chi connectivity index (χ3n) is 3.67. The summed E-state index contributed by atoms with van der Waals surface area (Å²) in [5.74, 6) is 1.52. The quantitative estimate of drug-likeness (QED) is 0.851. The number of anilines is 1. The Morgan fingerprint density at radius 3 is 2.27 bits per heavy atom. The fraction of sp³-hybridized carbons (Fsp3) is 0.294. The zero-order valence-corrected chi connectivity index (χ0v) is 12.7. The van der Waals surface area contributed by atoms with Crippen LogP contribution in [0.15, 0.2) is 42.6 Å². The highest BCUT2D eigenvalue weighted by atomic mass is 16.5. The van der Waals surface area contributed by atoms with Crippen LogP contribution in [0.3, 0.4) is 0 Å². The number of hydrogen-bond donors (Lipinski definition) is 0. The molecule has 1 aromatic heterocycles. The van der Waals surface area contributed by atoms with E-state index in [0.717, 1.165) is 12.8 Å². The Kier molecular flexibility index (Phi) is 3.96. The van der Waals surface area contributed by atoms with E-state index in [1.807, 2.05) is 18.2 Å². The molecule has 1 aliphatic rings. The first-order valence-corrected chi connectivity index (χ1v) is 7.22. The number of carbonyl (C=O) groups excluding carboxylic acids is 1. The van der Waals surface area contributed by atoms with Gasteiger partial charge in [0.05, 0.1) is 14.2 Å². The molecule has 1 aromatic carbocycles. The van der Waals surface area contributed by atoms with Crippen LogP contribution < -0.4 is 14.4 Å². The summed E-state index contributed by atoms with van der Waals surface area (Å²) in [6, 6.07) is 11.1. The molecule has 1 fully saturated rings. The minimum atomic E-state index is -0.143. The van der Waals surface area contributed by atoms with Crippen LogP contribution in [0.5, 0.6) is 11.5 Å². The maximum atomic E-state index is 13.1. The van der Waals surface area contributed by atoms with Crippen molar-refractivity contribution in [2.45, 2.75) is 18.9 Å². The van der Waals surface area contributed by atoms with Gasteiger partial charge in [0.15, 0.2) is 0 Å². The first-order chi connectivity index (χ1) is 10.8. The molecule has 1 amide bonds. The second-order valence-electron chi connectivity index (χ2n) is 5.13. The standard InChI is InChI=1S/C17H18N2O3/c1-21-13-6-5-7-14(22-2)16(13)17(20)19(12-9-10-12)15-8-3-4-11-18-15/h3-8,11-12H,9-10H2,1-2H3. The van der Waals surface area contributed by atoms with Gasteiger partial charge in [-0.1, -0.05) is 12.1 Å². The Morgan fingerprint density at radius 2 is 1.77 bits per heavy atom. The van der Waals surface area contributed by atoms with Gasteiger partial charge < -0.3 is 9.47 Å². The lowest BCUT2D eigenvalue weighted by atomic mass is 10.1. The maximum absolute atomic E-state index is 13.1. The molecule has 0 spiro atoms. The number of rotatable bonds is 5. The monoisotopic (exact) mass is 298 g/mol. The van der Waals surface area contributed by atoms with Gasteiger partial charge in [0.25, 0.3) is 5.91 Å². The molecule has 5 nitrogen and oxygen atoms in total. The molecule has 0 unspecified atom stereocenters. The van der Waals surface area contributed by atoms with Gasteiger partial charge in [-0.25, -0.2) is 4.98 Å². The van der Waals surface area contributed by atoms with Crippen molar-refractivity contribution in [1.29, 1.82) is 0 Å². The summed E-state index contributed by atoms with van der Waals surface area (Å²) in [4.78, 5) is 19.2. The van der Waals surface area contributed by atoms with Crippen molar-refractivity contribution >= 4 is 11.7 Å². The first-order valence-electron chi connectivity index (χ1n) is 7.22. The normalized spacial score (nSPS) is 13.5. The Morgan fingerprint density at radius 1 is 1.09 bits per heavy atom. The second kappa shape index (κ2) is 6.05.